The molecule has 6 heteroatoms. The number of nitrogens with zero attached hydrogens (tertiary/aromatic N) is 2. The molecule has 0 bridgehead atoms. The molecule has 4 nitrogen and oxygen atoms in total. The van der Waals surface area contributed by atoms with Crippen molar-refractivity contribution in [2.75, 3.05) is 13.1 Å². The second kappa shape index (κ2) is 6.45. The van der Waals surface area contributed by atoms with Gasteiger partial charge in [0.15, 0.2) is 0 Å². The Morgan fingerprint density at radius 1 is 1.38 bits per heavy atom. The summed E-state index contributed by atoms with van der Waals surface area (Å²) in [5.74, 6) is 0.778. The summed E-state index contributed by atoms with van der Waals surface area (Å²) in [7, 11) is 0. The van der Waals surface area contributed by atoms with Crippen molar-refractivity contribution in [2.24, 2.45) is 0 Å². The van der Waals surface area contributed by atoms with Gasteiger partial charge in [-0.25, -0.2) is 0 Å². The van der Waals surface area contributed by atoms with E-state index >= 15 is 0 Å². The number of carbonyl (C=O) groups is 1. The number of hydrogen-bond acceptors (Lipinski definition) is 4. The molecule has 0 aliphatic carbocycles. The van der Waals surface area contributed by atoms with Crippen LogP contribution in [-0.2, 0) is 0 Å². The Hall–Kier alpha value is -1.59. The first-order chi connectivity index (χ1) is 10.2. The molecule has 1 aliphatic rings. The number of likely N-dealkylation sites (tertiary alicyclic amines) is 1. The molecule has 0 atom stereocenters. The second-order valence-corrected chi connectivity index (χ2v) is 6.25. The summed E-state index contributed by atoms with van der Waals surface area (Å²) < 4.78 is 5.90. The lowest BCUT2D eigenvalue weighted by atomic mass is 10.1. The molecule has 1 saturated heterocycles. The Morgan fingerprint density at radius 2 is 2.19 bits per heavy atom. The average molecular weight is 323 g/mol. The highest BCUT2D eigenvalue weighted by Crippen LogP contribution is 2.26. The summed E-state index contributed by atoms with van der Waals surface area (Å²) in [6.07, 6.45) is 4.96. The van der Waals surface area contributed by atoms with Crippen LogP contribution in [0.25, 0.3) is 0 Å². The van der Waals surface area contributed by atoms with E-state index in [0.717, 1.165) is 17.7 Å². The van der Waals surface area contributed by atoms with E-state index in [-0.39, 0.29) is 12.0 Å². The number of rotatable bonds is 3. The topological polar surface area (TPSA) is 42.4 Å². The third kappa shape index (κ3) is 3.36. The van der Waals surface area contributed by atoms with Crippen molar-refractivity contribution in [3.05, 3.63) is 45.9 Å². The SMILES string of the molecule is O=C(c1cccs1)N1CCC(Oc2ccncc2Cl)CC1. The van der Waals surface area contributed by atoms with Crippen LogP contribution in [-0.4, -0.2) is 35.0 Å². The number of halogens is 1. The maximum Gasteiger partial charge on any atom is 0.263 e. The first-order valence-corrected chi connectivity index (χ1v) is 8.09. The zero-order valence-electron chi connectivity index (χ0n) is 11.4. The molecule has 0 N–H and O–H groups in total. The number of carbonyl (C=O) groups excluding carboxylic acids is 1. The van der Waals surface area contributed by atoms with E-state index in [2.05, 4.69) is 4.98 Å². The summed E-state index contributed by atoms with van der Waals surface area (Å²) in [6.45, 7) is 1.42. The van der Waals surface area contributed by atoms with Gasteiger partial charge < -0.3 is 9.64 Å². The molecule has 0 spiro atoms. The van der Waals surface area contributed by atoms with Gasteiger partial charge in [-0.15, -0.1) is 11.3 Å². The number of hydrogen-bond donors (Lipinski definition) is 0. The smallest absolute Gasteiger partial charge is 0.263 e. The maximum absolute atomic E-state index is 12.2. The number of piperidine rings is 1. The predicted octanol–water partition coefficient (Wildman–Crippen LogP) is 3.48. The lowest BCUT2D eigenvalue weighted by Gasteiger charge is -2.32. The van der Waals surface area contributed by atoms with Crippen LogP contribution in [0, 0.1) is 0 Å². The summed E-state index contributed by atoms with van der Waals surface area (Å²) >= 11 is 7.52. The Bertz CT molecular complexity index is 610. The van der Waals surface area contributed by atoms with Crippen LogP contribution in [0.1, 0.15) is 22.5 Å². The minimum atomic E-state index is 0.0947. The average Bonchev–Trinajstić information content (AvgIpc) is 3.04. The molecule has 2 aromatic heterocycles. The molecule has 0 unspecified atom stereocenters. The fourth-order valence-electron chi connectivity index (χ4n) is 2.37. The highest BCUT2D eigenvalue weighted by Gasteiger charge is 2.25. The quantitative estimate of drug-likeness (QED) is 0.869. The monoisotopic (exact) mass is 322 g/mol. The van der Waals surface area contributed by atoms with Gasteiger partial charge in [0.2, 0.25) is 0 Å². The third-order valence-electron chi connectivity index (χ3n) is 3.49. The van der Waals surface area contributed by atoms with Crippen molar-refractivity contribution < 1.29 is 9.53 Å². The number of thiophene rings is 1. The zero-order valence-corrected chi connectivity index (χ0v) is 12.9. The van der Waals surface area contributed by atoms with Crippen LogP contribution in [0.3, 0.4) is 0 Å². The summed E-state index contributed by atoms with van der Waals surface area (Å²) in [5, 5.41) is 2.45. The van der Waals surface area contributed by atoms with Crippen molar-refractivity contribution >= 4 is 28.8 Å². The molecule has 3 rings (SSSR count). The molecule has 0 radical (unpaired) electrons. The number of ether oxygens (including phenoxy) is 1. The van der Waals surface area contributed by atoms with Gasteiger partial charge in [-0.3, -0.25) is 9.78 Å². The Labute approximate surface area is 132 Å². The standard InChI is InChI=1S/C15H15ClN2O2S/c16-12-10-17-6-3-13(12)20-11-4-7-18(8-5-11)15(19)14-2-1-9-21-14/h1-3,6,9-11H,4-5,7-8H2. The van der Waals surface area contributed by atoms with Gasteiger partial charge in [-0.2, -0.15) is 0 Å². The fourth-order valence-corrected chi connectivity index (χ4v) is 3.23. The molecular formula is C15H15ClN2O2S. The predicted molar refractivity (Wildman–Crippen MR) is 83.1 cm³/mol. The van der Waals surface area contributed by atoms with E-state index in [0.29, 0.717) is 23.9 Å². The Morgan fingerprint density at radius 3 is 2.86 bits per heavy atom. The lowest BCUT2D eigenvalue weighted by molar-refractivity contribution is 0.0600. The molecule has 1 amide bonds. The van der Waals surface area contributed by atoms with Crippen LogP contribution in [0.15, 0.2) is 36.0 Å². The largest absolute Gasteiger partial charge is 0.489 e. The first kappa shape index (κ1) is 14.4. The molecular weight excluding hydrogens is 308 g/mol. The summed E-state index contributed by atoms with van der Waals surface area (Å²) in [4.78, 5) is 18.9. The van der Waals surface area contributed by atoms with Crippen molar-refractivity contribution in [1.82, 2.24) is 9.88 Å². The molecule has 1 aliphatic heterocycles. The van der Waals surface area contributed by atoms with Gasteiger partial charge in [0, 0.05) is 44.4 Å². The van der Waals surface area contributed by atoms with Crippen molar-refractivity contribution in [2.45, 2.75) is 18.9 Å². The number of amides is 1. The zero-order chi connectivity index (χ0) is 14.7. The van der Waals surface area contributed by atoms with Gasteiger partial charge in [0.25, 0.3) is 5.91 Å². The van der Waals surface area contributed by atoms with E-state index in [1.54, 1.807) is 18.5 Å². The Kier molecular flexibility index (Phi) is 4.41. The molecule has 3 heterocycles. The maximum atomic E-state index is 12.2. The molecule has 0 saturated carbocycles. The van der Waals surface area contributed by atoms with Crippen LogP contribution in [0.4, 0.5) is 0 Å². The van der Waals surface area contributed by atoms with Crippen LogP contribution in [0.5, 0.6) is 5.75 Å². The lowest BCUT2D eigenvalue weighted by Crippen LogP contribution is -2.41. The highest BCUT2D eigenvalue weighted by molar-refractivity contribution is 7.12. The van der Waals surface area contributed by atoms with Crippen molar-refractivity contribution in [3.63, 3.8) is 0 Å². The van der Waals surface area contributed by atoms with Crippen LogP contribution < -0.4 is 4.74 Å². The van der Waals surface area contributed by atoms with E-state index in [1.807, 2.05) is 22.4 Å². The minimum Gasteiger partial charge on any atom is -0.489 e. The highest BCUT2D eigenvalue weighted by atomic mass is 35.5. The fraction of sp³-hybridized carbons (Fsp3) is 0.333. The molecule has 21 heavy (non-hydrogen) atoms. The second-order valence-electron chi connectivity index (χ2n) is 4.89. The number of aromatic nitrogens is 1. The number of pyridine rings is 1. The van der Waals surface area contributed by atoms with Crippen molar-refractivity contribution in [1.29, 1.82) is 0 Å². The first-order valence-electron chi connectivity index (χ1n) is 6.83. The van der Waals surface area contributed by atoms with Gasteiger partial charge in [-0.1, -0.05) is 17.7 Å². The minimum absolute atomic E-state index is 0.0947. The molecule has 2 aromatic rings. The molecule has 110 valence electrons. The van der Waals surface area contributed by atoms with Gasteiger partial charge >= 0.3 is 0 Å². The van der Waals surface area contributed by atoms with E-state index in [9.17, 15) is 4.79 Å². The van der Waals surface area contributed by atoms with Crippen LogP contribution in [0.2, 0.25) is 5.02 Å². The molecule has 1 fully saturated rings. The van der Waals surface area contributed by atoms with E-state index in [4.69, 9.17) is 16.3 Å². The summed E-state index contributed by atoms with van der Waals surface area (Å²) in [5.41, 5.74) is 0. The van der Waals surface area contributed by atoms with Gasteiger partial charge in [0.1, 0.15) is 16.9 Å². The van der Waals surface area contributed by atoms with Gasteiger partial charge in [-0.05, 0) is 11.4 Å². The van der Waals surface area contributed by atoms with E-state index < -0.39 is 0 Å². The van der Waals surface area contributed by atoms with Gasteiger partial charge in [0.05, 0.1) is 4.88 Å². The third-order valence-corrected chi connectivity index (χ3v) is 4.63. The summed E-state index contributed by atoms with van der Waals surface area (Å²) in [6, 6.07) is 5.54. The Balaban J connectivity index is 1.56. The van der Waals surface area contributed by atoms with Crippen molar-refractivity contribution in [3.8, 4) is 5.75 Å². The normalized spacial score (nSPS) is 16.0. The van der Waals surface area contributed by atoms with E-state index in [1.165, 1.54) is 11.3 Å². The van der Waals surface area contributed by atoms with Crippen LogP contribution >= 0.6 is 22.9 Å². The molecule has 0 aromatic carbocycles.